The lowest BCUT2D eigenvalue weighted by Gasteiger charge is -2.10. The van der Waals surface area contributed by atoms with Crippen LogP contribution in [0.25, 0.3) is 0 Å². The predicted octanol–water partition coefficient (Wildman–Crippen LogP) is 0.951. The lowest BCUT2D eigenvalue weighted by atomic mass is 10.3. The molecule has 0 aliphatic rings. The van der Waals surface area contributed by atoms with Crippen LogP contribution in [0.5, 0.6) is 0 Å². The molecule has 1 aromatic heterocycles. The largest absolute Gasteiger partial charge is 0.398 e. The maximum absolute atomic E-state index is 12.1. The standard InChI is InChI=1S/C11H14ClN5O2S/c12-8-3-1-4-9(13)11(8)20(18,19)16-6-2-5-10-14-7-15-17-10/h1,3-4,7,16H,2,5-6,13H2,(H,14,15,17). The van der Waals surface area contributed by atoms with Crippen LogP contribution < -0.4 is 10.5 Å². The second kappa shape index (κ2) is 6.21. The van der Waals surface area contributed by atoms with E-state index in [0.717, 1.165) is 0 Å². The minimum Gasteiger partial charge on any atom is -0.398 e. The highest BCUT2D eigenvalue weighted by molar-refractivity contribution is 7.89. The van der Waals surface area contributed by atoms with Gasteiger partial charge in [0.05, 0.1) is 10.7 Å². The van der Waals surface area contributed by atoms with Crippen LogP contribution in [0, 0.1) is 0 Å². The first-order chi connectivity index (χ1) is 9.50. The summed E-state index contributed by atoms with van der Waals surface area (Å²) in [5.74, 6) is 0.710. The number of hydrogen-bond acceptors (Lipinski definition) is 5. The Balaban J connectivity index is 1.97. The molecule has 2 aromatic rings. The molecule has 0 aliphatic carbocycles. The fraction of sp³-hybridized carbons (Fsp3) is 0.273. The number of aromatic amines is 1. The zero-order valence-corrected chi connectivity index (χ0v) is 12.1. The Morgan fingerprint density at radius 2 is 2.20 bits per heavy atom. The van der Waals surface area contributed by atoms with Crippen molar-refractivity contribution < 1.29 is 8.42 Å². The van der Waals surface area contributed by atoms with Crippen LogP contribution in [-0.2, 0) is 16.4 Å². The topological polar surface area (TPSA) is 114 Å². The summed E-state index contributed by atoms with van der Waals surface area (Å²) in [6.07, 6.45) is 2.59. The van der Waals surface area contributed by atoms with E-state index in [1.807, 2.05) is 0 Å². The van der Waals surface area contributed by atoms with E-state index in [-0.39, 0.29) is 22.2 Å². The van der Waals surface area contributed by atoms with Crippen molar-refractivity contribution >= 4 is 27.3 Å². The first-order valence-corrected chi connectivity index (χ1v) is 7.75. The van der Waals surface area contributed by atoms with Crippen LogP contribution >= 0.6 is 11.6 Å². The minimum absolute atomic E-state index is 0.0821. The lowest BCUT2D eigenvalue weighted by Crippen LogP contribution is -2.26. The van der Waals surface area contributed by atoms with E-state index < -0.39 is 10.0 Å². The van der Waals surface area contributed by atoms with E-state index in [0.29, 0.717) is 18.7 Å². The molecule has 1 aromatic carbocycles. The summed E-state index contributed by atoms with van der Waals surface area (Å²) in [5, 5.41) is 6.52. The van der Waals surface area contributed by atoms with Crippen molar-refractivity contribution in [2.24, 2.45) is 0 Å². The van der Waals surface area contributed by atoms with Gasteiger partial charge in [0.2, 0.25) is 10.0 Å². The predicted molar refractivity (Wildman–Crippen MR) is 75.8 cm³/mol. The van der Waals surface area contributed by atoms with Crippen LogP contribution in [-0.4, -0.2) is 30.1 Å². The van der Waals surface area contributed by atoms with Gasteiger partial charge in [0.25, 0.3) is 0 Å². The van der Waals surface area contributed by atoms with Gasteiger partial charge in [0, 0.05) is 13.0 Å². The second-order valence-corrected chi connectivity index (χ2v) is 6.20. The molecular weight excluding hydrogens is 302 g/mol. The number of hydrogen-bond donors (Lipinski definition) is 3. The Morgan fingerprint density at radius 3 is 2.85 bits per heavy atom. The zero-order valence-electron chi connectivity index (χ0n) is 10.5. The molecule has 0 aliphatic heterocycles. The van der Waals surface area contributed by atoms with Crippen molar-refractivity contribution in [2.75, 3.05) is 12.3 Å². The molecule has 0 radical (unpaired) electrons. The number of anilines is 1. The number of H-pyrrole nitrogens is 1. The number of sulfonamides is 1. The number of benzene rings is 1. The van der Waals surface area contributed by atoms with E-state index in [1.54, 1.807) is 6.07 Å². The summed E-state index contributed by atoms with van der Waals surface area (Å²) in [6.45, 7) is 0.258. The van der Waals surface area contributed by atoms with E-state index >= 15 is 0 Å². The van der Waals surface area contributed by atoms with E-state index in [2.05, 4.69) is 19.9 Å². The average Bonchev–Trinajstić information content (AvgIpc) is 2.87. The first kappa shape index (κ1) is 14.8. The highest BCUT2D eigenvalue weighted by Crippen LogP contribution is 2.26. The molecule has 4 N–H and O–H groups in total. The van der Waals surface area contributed by atoms with Gasteiger partial charge in [-0.05, 0) is 18.6 Å². The van der Waals surface area contributed by atoms with Gasteiger partial charge in [-0.15, -0.1) is 0 Å². The van der Waals surface area contributed by atoms with Gasteiger partial charge in [-0.2, -0.15) is 5.10 Å². The fourth-order valence-corrected chi connectivity index (χ4v) is 3.44. The summed E-state index contributed by atoms with van der Waals surface area (Å²) < 4.78 is 26.7. The molecule has 0 fully saturated rings. The SMILES string of the molecule is Nc1cccc(Cl)c1S(=O)(=O)NCCCc1ncn[nH]1. The molecule has 0 atom stereocenters. The first-order valence-electron chi connectivity index (χ1n) is 5.88. The van der Waals surface area contributed by atoms with Crippen LogP contribution in [0.4, 0.5) is 5.69 Å². The number of nitrogens with one attached hydrogen (secondary N) is 2. The molecule has 0 bridgehead atoms. The van der Waals surface area contributed by atoms with Gasteiger partial charge in [-0.25, -0.2) is 18.1 Å². The van der Waals surface area contributed by atoms with Gasteiger partial charge in [-0.3, -0.25) is 5.10 Å². The number of nitrogens with zero attached hydrogens (tertiary/aromatic N) is 2. The van der Waals surface area contributed by atoms with E-state index in [4.69, 9.17) is 17.3 Å². The van der Waals surface area contributed by atoms with Gasteiger partial charge in [0.1, 0.15) is 17.0 Å². The number of rotatable bonds is 6. The van der Waals surface area contributed by atoms with Gasteiger partial charge < -0.3 is 5.73 Å². The normalized spacial score (nSPS) is 11.7. The highest BCUT2D eigenvalue weighted by atomic mass is 35.5. The molecule has 0 spiro atoms. The van der Waals surface area contributed by atoms with Gasteiger partial charge in [0.15, 0.2) is 0 Å². The Morgan fingerprint density at radius 1 is 1.40 bits per heavy atom. The third-order valence-electron chi connectivity index (χ3n) is 2.61. The lowest BCUT2D eigenvalue weighted by molar-refractivity contribution is 0.578. The van der Waals surface area contributed by atoms with Crippen LogP contribution in [0.15, 0.2) is 29.4 Å². The van der Waals surface area contributed by atoms with E-state index in [9.17, 15) is 8.42 Å². The number of nitrogens with two attached hydrogens (primary N) is 1. The van der Waals surface area contributed by atoms with Crippen molar-refractivity contribution in [3.8, 4) is 0 Å². The summed E-state index contributed by atoms with van der Waals surface area (Å²) in [5.41, 5.74) is 5.79. The molecule has 0 saturated carbocycles. The van der Waals surface area contributed by atoms with Crippen LogP contribution in [0.2, 0.25) is 5.02 Å². The second-order valence-electron chi connectivity index (χ2n) is 4.09. The number of nitrogen functional groups attached to an aromatic ring is 1. The summed E-state index contributed by atoms with van der Waals surface area (Å²) in [6, 6.07) is 4.58. The van der Waals surface area contributed by atoms with Crippen molar-refractivity contribution in [1.82, 2.24) is 19.9 Å². The maximum atomic E-state index is 12.1. The quantitative estimate of drug-likeness (QED) is 0.542. The van der Waals surface area contributed by atoms with Gasteiger partial charge >= 0.3 is 0 Å². The molecule has 1 heterocycles. The third kappa shape index (κ3) is 3.47. The molecule has 9 heteroatoms. The van der Waals surface area contributed by atoms with E-state index in [1.165, 1.54) is 18.5 Å². The monoisotopic (exact) mass is 315 g/mol. The van der Waals surface area contributed by atoms with Crippen molar-refractivity contribution in [2.45, 2.75) is 17.7 Å². The average molecular weight is 316 g/mol. The Kier molecular flexibility index (Phi) is 4.58. The van der Waals surface area contributed by atoms with Crippen molar-refractivity contribution in [3.63, 3.8) is 0 Å². The Labute approximate surface area is 121 Å². The highest BCUT2D eigenvalue weighted by Gasteiger charge is 2.20. The minimum atomic E-state index is -3.72. The smallest absolute Gasteiger partial charge is 0.244 e. The van der Waals surface area contributed by atoms with Crippen molar-refractivity contribution in [3.05, 3.63) is 35.4 Å². The molecule has 0 unspecified atom stereocenters. The van der Waals surface area contributed by atoms with Crippen LogP contribution in [0.3, 0.4) is 0 Å². The molecule has 108 valence electrons. The summed E-state index contributed by atoms with van der Waals surface area (Å²) in [7, 11) is -3.72. The Bertz CT molecular complexity index is 652. The number of aryl methyl sites for hydroxylation is 1. The molecule has 20 heavy (non-hydrogen) atoms. The molecular formula is C11H14ClN5O2S. The fourth-order valence-electron chi connectivity index (χ4n) is 1.69. The Hall–Kier alpha value is -1.64. The number of aromatic nitrogens is 3. The number of halogens is 1. The third-order valence-corrected chi connectivity index (χ3v) is 4.62. The van der Waals surface area contributed by atoms with Gasteiger partial charge in [-0.1, -0.05) is 17.7 Å². The molecule has 2 rings (SSSR count). The summed E-state index contributed by atoms with van der Waals surface area (Å²) in [4.78, 5) is 3.87. The maximum Gasteiger partial charge on any atom is 0.244 e. The van der Waals surface area contributed by atoms with Crippen LogP contribution in [0.1, 0.15) is 12.2 Å². The molecule has 0 amide bonds. The summed E-state index contributed by atoms with van der Waals surface area (Å²) >= 11 is 5.89. The molecule has 0 saturated heterocycles. The zero-order chi connectivity index (χ0) is 14.6. The van der Waals surface area contributed by atoms with Crippen molar-refractivity contribution in [1.29, 1.82) is 0 Å². The molecule has 7 nitrogen and oxygen atoms in total.